The molecular weight excluding hydrogens is 471 g/mol. The molecule has 0 unspecified atom stereocenters. The first kappa shape index (κ1) is 23.6. The fourth-order valence-corrected chi connectivity index (χ4v) is 5.17. The number of carbonyl (C=O) groups excluding carboxylic acids is 1. The summed E-state index contributed by atoms with van der Waals surface area (Å²) in [4.78, 5) is 16.4. The van der Waals surface area contributed by atoms with Crippen LogP contribution in [0.2, 0.25) is 0 Å². The minimum Gasteiger partial charge on any atom is -0.305 e. The summed E-state index contributed by atoms with van der Waals surface area (Å²) in [5, 5.41) is 2.22. The van der Waals surface area contributed by atoms with Crippen LogP contribution in [0.25, 0.3) is 0 Å². The third-order valence-electron chi connectivity index (χ3n) is 5.82. The van der Waals surface area contributed by atoms with E-state index in [1.165, 1.54) is 6.08 Å². The molecule has 2 saturated carbocycles. The fraction of sp³-hybridized carbons (Fsp3) is 0.550. The van der Waals surface area contributed by atoms with Crippen molar-refractivity contribution in [3.8, 4) is 0 Å². The molecule has 1 amide bonds. The Morgan fingerprint density at radius 3 is 2.42 bits per heavy atom. The van der Waals surface area contributed by atoms with Crippen molar-refractivity contribution in [2.75, 3.05) is 11.9 Å². The first-order valence-electron chi connectivity index (χ1n) is 10.4. The number of alkyl halides is 5. The van der Waals surface area contributed by atoms with Gasteiger partial charge in [0.25, 0.3) is 5.91 Å². The van der Waals surface area contributed by atoms with E-state index in [0.717, 1.165) is 35.3 Å². The van der Waals surface area contributed by atoms with E-state index in [1.807, 2.05) is 0 Å². The van der Waals surface area contributed by atoms with Gasteiger partial charge in [0, 0.05) is 25.3 Å². The number of hydrogen-bond acceptors (Lipinski definition) is 4. The highest BCUT2D eigenvalue weighted by molar-refractivity contribution is 7.88. The summed E-state index contributed by atoms with van der Waals surface area (Å²) < 4.78 is 96.3. The highest BCUT2D eigenvalue weighted by Gasteiger charge is 2.41. The molecule has 180 valence electrons. The van der Waals surface area contributed by atoms with Crippen LogP contribution < -0.4 is 5.32 Å². The van der Waals surface area contributed by atoms with E-state index < -0.39 is 58.5 Å². The maximum atomic E-state index is 13.5. The van der Waals surface area contributed by atoms with Crippen molar-refractivity contribution < 1.29 is 35.2 Å². The average molecular weight is 492 g/mol. The number of aromatic nitrogens is 1. The Labute approximate surface area is 187 Å². The van der Waals surface area contributed by atoms with Crippen molar-refractivity contribution >= 4 is 27.6 Å². The topological polar surface area (TPSA) is 91.7 Å². The number of carbonyl (C=O) groups is 1. The SMILES string of the molecule is O=C(Nc1cccc(C(F)(F)F)n1)C1=CC(C2CCC(F)(F)CC2)=NS(=O)(=O)N1CC1CC1. The summed E-state index contributed by atoms with van der Waals surface area (Å²) in [6.07, 6.45) is -2.79. The summed E-state index contributed by atoms with van der Waals surface area (Å²) in [5.41, 5.74) is -1.53. The molecule has 0 atom stereocenters. The fourth-order valence-electron chi connectivity index (χ4n) is 3.82. The number of halogens is 5. The zero-order chi connectivity index (χ0) is 24.0. The summed E-state index contributed by atoms with van der Waals surface area (Å²) in [5.74, 6) is -4.74. The average Bonchev–Trinajstić information content (AvgIpc) is 3.53. The molecule has 2 fully saturated rings. The van der Waals surface area contributed by atoms with Gasteiger partial charge in [-0.2, -0.15) is 21.6 Å². The highest BCUT2D eigenvalue weighted by Crippen LogP contribution is 2.39. The number of nitrogens with zero attached hydrogens (tertiary/aromatic N) is 3. The van der Waals surface area contributed by atoms with Crippen molar-refractivity contribution in [2.24, 2.45) is 16.2 Å². The number of rotatable bonds is 5. The predicted molar refractivity (Wildman–Crippen MR) is 109 cm³/mol. The maximum absolute atomic E-state index is 13.5. The van der Waals surface area contributed by atoms with Crippen LogP contribution in [-0.2, 0) is 21.2 Å². The number of hydrogen-bond donors (Lipinski definition) is 1. The van der Waals surface area contributed by atoms with E-state index in [1.54, 1.807) is 0 Å². The normalized spacial score (nSPS) is 23.0. The Hall–Kier alpha value is -2.57. The van der Waals surface area contributed by atoms with Gasteiger partial charge >= 0.3 is 16.4 Å². The Kier molecular flexibility index (Phi) is 5.95. The Bertz CT molecular complexity index is 1100. The number of allylic oxidation sites excluding steroid dienone is 1. The van der Waals surface area contributed by atoms with Gasteiger partial charge < -0.3 is 5.32 Å². The Morgan fingerprint density at radius 1 is 1.15 bits per heavy atom. The standard InChI is InChI=1S/C20H21F5N4O3S/c21-19(22)8-6-13(7-9-19)14-10-15(29(11-12-4-5-12)33(31,32)28-14)18(30)27-17-3-1-2-16(26-17)20(23,24)25/h1-3,10,12-13H,4-9,11H2,(H,26,27,30). The van der Waals surface area contributed by atoms with Gasteiger partial charge in [0.15, 0.2) is 0 Å². The van der Waals surface area contributed by atoms with Crippen LogP contribution in [0, 0.1) is 11.8 Å². The second-order valence-electron chi connectivity index (χ2n) is 8.49. The lowest BCUT2D eigenvalue weighted by Gasteiger charge is -2.32. The monoisotopic (exact) mass is 492 g/mol. The van der Waals surface area contributed by atoms with Crippen LogP contribution in [0.4, 0.5) is 27.8 Å². The molecule has 1 aromatic rings. The van der Waals surface area contributed by atoms with E-state index in [9.17, 15) is 35.2 Å². The van der Waals surface area contributed by atoms with Gasteiger partial charge in [-0.05, 0) is 49.8 Å². The third-order valence-corrected chi connectivity index (χ3v) is 7.17. The molecule has 0 radical (unpaired) electrons. The number of nitrogens with one attached hydrogen (secondary N) is 1. The molecule has 13 heteroatoms. The lowest BCUT2D eigenvalue weighted by molar-refractivity contribution is -0.141. The molecule has 0 spiro atoms. The zero-order valence-corrected chi connectivity index (χ0v) is 18.1. The Morgan fingerprint density at radius 2 is 1.82 bits per heavy atom. The highest BCUT2D eigenvalue weighted by atomic mass is 32.2. The Balaban J connectivity index is 1.63. The van der Waals surface area contributed by atoms with Crippen LogP contribution in [0.15, 0.2) is 34.4 Å². The van der Waals surface area contributed by atoms with Crippen molar-refractivity contribution in [3.63, 3.8) is 0 Å². The first-order valence-corrected chi connectivity index (χ1v) is 11.8. The lowest BCUT2D eigenvalue weighted by Crippen LogP contribution is -2.41. The largest absolute Gasteiger partial charge is 0.433 e. The van der Waals surface area contributed by atoms with Crippen LogP contribution in [0.5, 0.6) is 0 Å². The molecular formula is C20H21F5N4O3S. The van der Waals surface area contributed by atoms with Crippen LogP contribution in [0.1, 0.15) is 44.2 Å². The van der Waals surface area contributed by atoms with Gasteiger partial charge in [-0.1, -0.05) is 6.07 Å². The van der Waals surface area contributed by atoms with E-state index in [4.69, 9.17) is 0 Å². The van der Waals surface area contributed by atoms with Gasteiger partial charge in [0.1, 0.15) is 17.2 Å². The molecule has 2 heterocycles. The number of pyridine rings is 1. The number of anilines is 1. The molecule has 2 aliphatic carbocycles. The number of amides is 1. The second-order valence-corrected chi connectivity index (χ2v) is 10.0. The molecule has 4 rings (SSSR count). The molecule has 1 aromatic heterocycles. The van der Waals surface area contributed by atoms with E-state index in [2.05, 4.69) is 14.7 Å². The molecule has 3 aliphatic rings. The quantitative estimate of drug-likeness (QED) is 0.625. The molecule has 7 nitrogen and oxygen atoms in total. The van der Waals surface area contributed by atoms with Gasteiger partial charge in [-0.15, -0.1) is 4.40 Å². The lowest BCUT2D eigenvalue weighted by atomic mass is 9.83. The van der Waals surface area contributed by atoms with Crippen molar-refractivity contribution in [3.05, 3.63) is 35.7 Å². The maximum Gasteiger partial charge on any atom is 0.433 e. The summed E-state index contributed by atoms with van der Waals surface area (Å²) in [6, 6.07) is 2.95. The van der Waals surface area contributed by atoms with Gasteiger partial charge in [-0.3, -0.25) is 4.79 Å². The predicted octanol–water partition coefficient (Wildman–Crippen LogP) is 4.16. The van der Waals surface area contributed by atoms with Crippen LogP contribution >= 0.6 is 0 Å². The summed E-state index contributed by atoms with van der Waals surface area (Å²) in [7, 11) is -4.32. The van der Waals surface area contributed by atoms with Gasteiger partial charge in [0.2, 0.25) is 5.92 Å². The zero-order valence-electron chi connectivity index (χ0n) is 17.3. The third kappa shape index (κ3) is 5.50. The molecule has 0 saturated heterocycles. The van der Waals surface area contributed by atoms with Crippen molar-refractivity contribution in [1.29, 1.82) is 0 Å². The molecule has 1 N–H and O–H groups in total. The van der Waals surface area contributed by atoms with Crippen LogP contribution in [-0.4, -0.2) is 41.8 Å². The van der Waals surface area contributed by atoms with Crippen molar-refractivity contribution in [1.82, 2.24) is 9.29 Å². The van der Waals surface area contributed by atoms with Gasteiger partial charge in [0.05, 0.1) is 5.71 Å². The van der Waals surface area contributed by atoms with E-state index in [-0.39, 0.29) is 36.7 Å². The van der Waals surface area contributed by atoms with Crippen molar-refractivity contribution in [2.45, 2.75) is 50.6 Å². The molecule has 33 heavy (non-hydrogen) atoms. The first-order chi connectivity index (χ1) is 15.3. The van der Waals surface area contributed by atoms with E-state index in [0.29, 0.717) is 0 Å². The van der Waals surface area contributed by atoms with Crippen LogP contribution in [0.3, 0.4) is 0 Å². The molecule has 0 bridgehead atoms. The van der Waals surface area contributed by atoms with Gasteiger partial charge in [-0.25, -0.2) is 18.1 Å². The summed E-state index contributed by atoms with van der Waals surface area (Å²) >= 11 is 0. The molecule has 1 aliphatic heterocycles. The second kappa shape index (κ2) is 8.33. The smallest absolute Gasteiger partial charge is 0.305 e. The molecule has 0 aromatic carbocycles. The summed E-state index contributed by atoms with van der Waals surface area (Å²) in [6.45, 7) is -0.00285. The minimum absolute atomic E-state index is 0.000279. The van der Waals surface area contributed by atoms with E-state index >= 15 is 0 Å². The minimum atomic E-state index is -4.73.